The molecule has 0 saturated carbocycles. The molecule has 2 aliphatic heterocycles. The van der Waals surface area contributed by atoms with Gasteiger partial charge in [-0.3, -0.25) is 0 Å². The zero-order valence-corrected chi connectivity index (χ0v) is 8.91. The van der Waals surface area contributed by atoms with Crippen LogP contribution in [0.5, 0.6) is 0 Å². The largest absolute Gasteiger partial charge is 0.465 e. The van der Waals surface area contributed by atoms with Gasteiger partial charge < -0.3 is 9.47 Å². The van der Waals surface area contributed by atoms with E-state index in [1.165, 1.54) is 12.1 Å². The minimum atomic E-state index is -0.425. The first-order chi connectivity index (χ1) is 7.83. The molecule has 2 nitrogen and oxygen atoms in total. The first kappa shape index (κ1) is 9.85. The standard InChI is InChI=1S/C13H13FO2/c14-10-5-4-9-7-11-3-1-2-6-15-13(16-11)12(9)8-10/h4-5,7-8,13H,1-3,6H2. The van der Waals surface area contributed by atoms with Crippen molar-refractivity contribution in [1.29, 1.82) is 0 Å². The van der Waals surface area contributed by atoms with E-state index in [2.05, 4.69) is 0 Å². The lowest BCUT2D eigenvalue weighted by molar-refractivity contribution is -0.131. The Morgan fingerprint density at radius 1 is 1.25 bits per heavy atom. The molecule has 84 valence electrons. The Kier molecular flexibility index (Phi) is 2.40. The fraction of sp³-hybridized carbons (Fsp3) is 0.385. The molecule has 16 heavy (non-hydrogen) atoms. The van der Waals surface area contributed by atoms with Crippen LogP contribution in [0.4, 0.5) is 4.39 Å². The van der Waals surface area contributed by atoms with Crippen LogP contribution < -0.4 is 0 Å². The first-order valence-corrected chi connectivity index (χ1v) is 5.61. The predicted molar refractivity (Wildman–Crippen MR) is 58.0 cm³/mol. The van der Waals surface area contributed by atoms with Crippen molar-refractivity contribution in [2.45, 2.75) is 25.6 Å². The third-order valence-corrected chi connectivity index (χ3v) is 2.96. The molecule has 0 aliphatic carbocycles. The second kappa shape index (κ2) is 3.91. The Morgan fingerprint density at radius 2 is 2.19 bits per heavy atom. The number of ether oxygens (including phenoxy) is 2. The lowest BCUT2D eigenvalue weighted by atomic mass is 10.0. The monoisotopic (exact) mass is 220 g/mol. The van der Waals surface area contributed by atoms with E-state index >= 15 is 0 Å². The highest BCUT2D eigenvalue weighted by Crippen LogP contribution is 2.35. The van der Waals surface area contributed by atoms with Crippen LogP contribution in [0.25, 0.3) is 6.08 Å². The maximum Gasteiger partial charge on any atom is 0.226 e. The quantitative estimate of drug-likeness (QED) is 0.667. The fourth-order valence-electron chi connectivity index (χ4n) is 2.14. The van der Waals surface area contributed by atoms with Crippen molar-refractivity contribution in [3.05, 3.63) is 40.9 Å². The van der Waals surface area contributed by atoms with Crippen LogP contribution in [-0.2, 0) is 9.47 Å². The molecule has 1 aromatic rings. The van der Waals surface area contributed by atoms with Crippen LogP contribution in [0.15, 0.2) is 24.0 Å². The minimum Gasteiger partial charge on any atom is -0.465 e. The molecular weight excluding hydrogens is 207 g/mol. The number of rotatable bonds is 0. The number of hydrogen-bond acceptors (Lipinski definition) is 2. The normalized spacial score (nSPS) is 23.6. The van der Waals surface area contributed by atoms with Gasteiger partial charge in [0.1, 0.15) is 11.6 Å². The summed E-state index contributed by atoms with van der Waals surface area (Å²) in [5.41, 5.74) is 1.81. The smallest absolute Gasteiger partial charge is 0.226 e. The van der Waals surface area contributed by atoms with Crippen LogP contribution in [0.2, 0.25) is 0 Å². The molecule has 3 rings (SSSR count). The average molecular weight is 220 g/mol. The van der Waals surface area contributed by atoms with Gasteiger partial charge in [0, 0.05) is 12.0 Å². The van der Waals surface area contributed by atoms with Crippen molar-refractivity contribution >= 4 is 6.08 Å². The third-order valence-electron chi connectivity index (χ3n) is 2.96. The van der Waals surface area contributed by atoms with Crippen LogP contribution in [-0.4, -0.2) is 6.61 Å². The van der Waals surface area contributed by atoms with Crippen LogP contribution in [0.3, 0.4) is 0 Å². The molecule has 3 heteroatoms. The van der Waals surface area contributed by atoms with E-state index < -0.39 is 6.29 Å². The summed E-state index contributed by atoms with van der Waals surface area (Å²) < 4.78 is 24.5. The van der Waals surface area contributed by atoms with Gasteiger partial charge in [-0.05, 0) is 36.6 Å². The summed E-state index contributed by atoms with van der Waals surface area (Å²) in [5, 5.41) is 0. The molecule has 0 radical (unpaired) electrons. The number of fused-ring (bicyclic) bond motifs is 4. The Bertz CT molecular complexity index is 440. The number of hydrogen-bond donors (Lipinski definition) is 0. The van der Waals surface area contributed by atoms with Gasteiger partial charge in [0.05, 0.1) is 6.61 Å². The van der Waals surface area contributed by atoms with E-state index in [1.807, 2.05) is 6.08 Å². The van der Waals surface area contributed by atoms with Crippen molar-refractivity contribution in [3.8, 4) is 0 Å². The predicted octanol–water partition coefficient (Wildman–Crippen LogP) is 3.40. The summed E-state index contributed by atoms with van der Waals surface area (Å²) in [5.74, 6) is 0.702. The fourth-order valence-corrected chi connectivity index (χ4v) is 2.14. The third kappa shape index (κ3) is 1.71. The molecule has 2 heterocycles. The topological polar surface area (TPSA) is 18.5 Å². The summed E-state index contributed by atoms with van der Waals surface area (Å²) in [6.45, 7) is 0.675. The van der Waals surface area contributed by atoms with Crippen molar-refractivity contribution in [2.75, 3.05) is 6.61 Å². The van der Waals surface area contributed by atoms with Gasteiger partial charge in [-0.2, -0.15) is 0 Å². The van der Waals surface area contributed by atoms with Crippen LogP contribution in [0, 0.1) is 5.82 Å². The molecule has 2 aliphatic rings. The first-order valence-electron chi connectivity index (χ1n) is 5.61. The van der Waals surface area contributed by atoms with Crippen molar-refractivity contribution in [3.63, 3.8) is 0 Å². The molecule has 0 spiro atoms. The van der Waals surface area contributed by atoms with E-state index in [-0.39, 0.29) is 5.82 Å². The SMILES string of the molecule is Fc1ccc2c(c1)C1OCCCCC(=C2)O1. The van der Waals surface area contributed by atoms with Gasteiger partial charge in [0.25, 0.3) is 0 Å². The maximum atomic E-state index is 13.2. The van der Waals surface area contributed by atoms with Crippen molar-refractivity contribution in [2.24, 2.45) is 0 Å². The average Bonchev–Trinajstić information content (AvgIpc) is 2.26. The van der Waals surface area contributed by atoms with Crippen LogP contribution in [0.1, 0.15) is 36.7 Å². The van der Waals surface area contributed by atoms with E-state index in [0.717, 1.165) is 36.1 Å². The Hall–Kier alpha value is -1.35. The van der Waals surface area contributed by atoms with Gasteiger partial charge in [-0.1, -0.05) is 6.07 Å². The minimum absolute atomic E-state index is 0.246. The summed E-state index contributed by atoms with van der Waals surface area (Å²) in [4.78, 5) is 0. The molecule has 1 fully saturated rings. The van der Waals surface area contributed by atoms with Crippen molar-refractivity contribution < 1.29 is 13.9 Å². The molecule has 0 amide bonds. The molecule has 0 aromatic heterocycles. The molecule has 0 N–H and O–H groups in total. The van der Waals surface area contributed by atoms with Gasteiger partial charge in [-0.15, -0.1) is 0 Å². The molecule has 1 aromatic carbocycles. The molecule has 1 saturated heterocycles. The van der Waals surface area contributed by atoms with Gasteiger partial charge in [-0.25, -0.2) is 4.39 Å². The zero-order chi connectivity index (χ0) is 11.0. The zero-order valence-electron chi connectivity index (χ0n) is 8.91. The Balaban J connectivity index is 2.06. The van der Waals surface area contributed by atoms with Gasteiger partial charge >= 0.3 is 0 Å². The molecular formula is C13H13FO2. The van der Waals surface area contributed by atoms with E-state index in [1.54, 1.807) is 6.07 Å². The summed E-state index contributed by atoms with van der Waals surface area (Å²) in [6.07, 6.45) is 4.61. The summed E-state index contributed by atoms with van der Waals surface area (Å²) in [6, 6.07) is 4.75. The van der Waals surface area contributed by atoms with E-state index in [0.29, 0.717) is 6.61 Å². The highest BCUT2D eigenvalue weighted by Gasteiger charge is 2.24. The number of halogens is 1. The molecule has 1 atom stereocenters. The Morgan fingerprint density at radius 3 is 3.12 bits per heavy atom. The lowest BCUT2D eigenvalue weighted by Crippen LogP contribution is -2.17. The van der Waals surface area contributed by atoms with Crippen molar-refractivity contribution in [1.82, 2.24) is 0 Å². The number of benzene rings is 1. The molecule has 1 unspecified atom stereocenters. The van der Waals surface area contributed by atoms with E-state index in [4.69, 9.17) is 9.47 Å². The van der Waals surface area contributed by atoms with Gasteiger partial charge in [0.15, 0.2) is 0 Å². The summed E-state index contributed by atoms with van der Waals surface area (Å²) >= 11 is 0. The van der Waals surface area contributed by atoms with Crippen LogP contribution >= 0.6 is 0 Å². The highest BCUT2D eigenvalue weighted by molar-refractivity contribution is 5.58. The second-order valence-electron chi connectivity index (χ2n) is 4.16. The lowest BCUT2D eigenvalue weighted by Gasteiger charge is -2.29. The van der Waals surface area contributed by atoms with Gasteiger partial charge in [0.2, 0.25) is 6.29 Å². The summed E-state index contributed by atoms with van der Waals surface area (Å²) in [7, 11) is 0. The van der Waals surface area contributed by atoms with E-state index in [9.17, 15) is 4.39 Å². The highest BCUT2D eigenvalue weighted by atomic mass is 19.1. The maximum absolute atomic E-state index is 13.2. The second-order valence-corrected chi connectivity index (χ2v) is 4.16. The molecule has 2 bridgehead atoms. The Labute approximate surface area is 93.7 Å². The number of allylic oxidation sites excluding steroid dienone is 1.